The predicted molar refractivity (Wildman–Crippen MR) is 83.4 cm³/mol. The first-order valence-electron chi connectivity index (χ1n) is 7.96. The third-order valence-corrected chi connectivity index (χ3v) is 4.77. The molecular formula is C15H27N3O5. The molecule has 1 saturated carbocycles. The second-order valence-electron chi connectivity index (χ2n) is 6.17. The number of urea groups is 1. The molecular weight excluding hydrogens is 302 g/mol. The van der Waals surface area contributed by atoms with E-state index < -0.39 is 42.0 Å². The van der Waals surface area contributed by atoms with E-state index >= 15 is 0 Å². The largest absolute Gasteiger partial charge is 0.481 e. The maximum absolute atomic E-state index is 11.6. The second-order valence-corrected chi connectivity index (χ2v) is 6.17. The van der Waals surface area contributed by atoms with Crippen LogP contribution in [0.15, 0.2) is 0 Å². The molecule has 1 aliphatic carbocycles. The van der Waals surface area contributed by atoms with Crippen LogP contribution in [0.4, 0.5) is 4.79 Å². The van der Waals surface area contributed by atoms with Gasteiger partial charge in [0.25, 0.3) is 0 Å². The summed E-state index contributed by atoms with van der Waals surface area (Å²) < 4.78 is 0. The lowest BCUT2D eigenvalue weighted by molar-refractivity contribution is -0.145. The Hall–Kier alpha value is -1.83. The zero-order chi connectivity index (χ0) is 17.7. The molecule has 6 N–H and O–H groups in total. The van der Waals surface area contributed by atoms with Gasteiger partial charge in [0.05, 0.1) is 12.0 Å². The fourth-order valence-electron chi connectivity index (χ4n) is 3.68. The van der Waals surface area contributed by atoms with Crippen molar-refractivity contribution in [3.63, 3.8) is 0 Å². The molecule has 0 saturated heterocycles. The minimum absolute atomic E-state index is 0.0586. The molecule has 0 bridgehead atoms. The number of hydrogen-bond acceptors (Lipinski definition) is 4. The number of carboxylic acid groups (broad SMARTS) is 1. The molecule has 8 heteroatoms. The van der Waals surface area contributed by atoms with Crippen LogP contribution in [-0.2, 0) is 9.59 Å². The molecule has 1 fully saturated rings. The lowest BCUT2D eigenvalue weighted by Crippen LogP contribution is -2.54. The van der Waals surface area contributed by atoms with Crippen LogP contribution in [0, 0.1) is 17.8 Å². The van der Waals surface area contributed by atoms with Gasteiger partial charge in [0.15, 0.2) is 0 Å². The Labute approximate surface area is 135 Å². The molecule has 1 aliphatic rings. The first-order valence-corrected chi connectivity index (χ1v) is 7.96. The summed E-state index contributed by atoms with van der Waals surface area (Å²) in [5.41, 5.74) is 5.18. The second kappa shape index (κ2) is 8.14. The predicted octanol–water partition coefficient (Wildman–Crippen LogP) is 0.0458. The smallest absolute Gasteiger partial charge is 0.312 e. The summed E-state index contributed by atoms with van der Waals surface area (Å²) in [6.07, 6.45) is 0.430. The van der Waals surface area contributed by atoms with Gasteiger partial charge in [0.1, 0.15) is 0 Å². The maximum Gasteiger partial charge on any atom is 0.312 e. The molecule has 0 aromatic carbocycles. The van der Waals surface area contributed by atoms with Gasteiger partial charge in [0.2, 0.25) is 5.91 Å². The number of amides is 3. The van der Waals surface area contributed by atoms with Crippen molar-refractivity contribution >= 4 is 17.9 Å². The van der Waals surface area contributed by atoms with Gasteiger partial charge in [-0.25, -0.2) is 4.79 Å². The zero-order valence-electron chi connectivity index (χ0n) is 13.8. The number of hydrogen-bond donors (Lipinski definition) is 5. The Bertz CT molecular complexity index is 452. The minimum Gasteiger partial charge on any atom is -0.481 e. The third-order valence-electron chi connectivity index (χ3n) is 4.77. The highest BCUT2D eigenvalue weighted by molar-refractivity contribution is 5.75. The van der Waals surface area contributed by atoms with Crippen molar-refractivity contribution in [2.45, 2.75) is 58.2 Å². The molecule has 3 amide bonds. The van der Waals surface area contributed by atoms with Crippen molar-refractivity contribution in [2.75, 3.05) is 0 Å². The molecule has 0 heterocycles. The molecule has 0 aromatic rings. The molecule has 23 heavy (non-hydrogen) atoms. The average Bonchev–Trinajstić information content (AvgIpc) is 2.74. The number of aliphatic carboxylic acids is 1. The molecule has 132 valence electrons. The highest BCUT2D eigenvalue weighted by atomic mass is 16.4. The van der Waals surface area contributed by atoms with Crippen molar-refractivity contribution in [3.05, 3.63) is 0 Å². The Balaban J connectivity index is 3.17. The summed E-state index contributed by atoms with van der Waals surface area (Å²) in [6.45, 7) is 5.31. The highest BCUT2D eigenvalue weighted by Gasteiger charge is 2.51. The third kappa shape index (κ3) is 4.57. The van der Waals surface area contributed by atoms with Crippen molar-refractivity contribution in [2.24, 2.45) is 23.5 Å². The lowest BCUT2D eigenvalue weighted by Gasteiger charge is -2.36. The molecule has 8 nitrogen and oxygen atoms in total. The van der Waals surface area contributed by atoms with E-state index in [2.05, 4.69) is 10.6 Å². The number of carbonyl (C=O) groups excluding carboxylic acids is 2. The molecule has 0 aromatic heterocycles. The van der Waals surface area contributed by atoms with E-state index in [9.17, 15) is 24.6 Å². The van der Waals surface area contributed by atoms with Gasteiger partial charge in [0, 0.05) is 24.9 Å². The molecule has 0 radical (unpaired) electrons. The SMILES string of the molecule is CCC(CC)[C@H](NC(C)=O)[C@@H]1[C@H](O)[C@H](C(=O)O)C[C@H]1NC(N)=O. The van der Waals surface area contributed by atoms with Crippen molar-refractivity contribution in [1.82, 2.24) is 10.6 Å². The summed E-state index contributed by atoms with van der Waals surface area (Å²) in [7, 11) is 0. The lowest BCUT2D eigenvalue weighted by atomic mass is 9.80. The summed E-state index contributed by atoms with van der Waals surface area (Å²) in [5, 5.41) is 25.1. The molecule has 0 spiro atoms. The first kappa shape index (κ1) is 19.2. The summed E-state index contributed by atoms with van der Waals surface area (Å²) in [6, 6.07) is -1.80. The van der Waals surface area contributed by atoms with Crippen molar-refractivity contribution < 1.29 is 24.6 Å². The number of carbonyl (C=O) groups is 3. The highest BCUT2D eigenvalue weighted by Crippen LogP contribution is 2.37. The Morgan fingerprint density at radius 1 is 1.26 bits per heavy atom. The number of carboxylic acids is 1. The van der Waals surface area contributed by atoms with E-state index in [0.29, 0.717) is 0 Å². The first-order chi connectivity index (χ1) is 10.7. The van der Waals surface area contributed by atoms with Gasteiger partial charge < -0.3 is 26.6 Å². The Kier molecular flexibility index (Phi) is 6.80. The molecule has 0 aliphatic heterocycles. The van der Waals surface area contributed by atoms with Gasteiger partial charge >= 0.3 is 12.0 Å². The van der Waals surface area contributed by atoms with Gasteiger partial charge in [-0.2, -0.15) is 0 Å². The number of aliphatic hydroxyl groups excluding tert-OH is 1. The summed E-state index contributed by atoms with van der Waals surface area (Å²) >= 11 is 0. The van der Waals surface area contributed by atoms with Crippen molar-refractivity contribution in [1.29, 1.82) is 0 Å². The van der Waals surface area contributed by atoms with E-state index in [-0.39, 0.29) is 18.2 Å². The fraction of sp³-hybridized carbons (Fsp3) is 0.800. The van der Waals surface area contributed by atoms with Crippen LogP contribution >= 0.6 is 0 Å². The number of aliphatic hydroxyl groups is 1. The minimum atomic E-state index is -1.16. The van der Waals surface area contributed by atoms with Gasteiger partial charge in [-0.05, 0) is 12.3 Å². The van der Waals surface area contributed by atoms with Gasteiger partial charge in [-0.1, -0.05) is 26.7 Å². The standard InChI is InChI=1S/C15H27N3O5/c1-4-8(5-2)12(17-7(3)19)11-10(18-15(16)23)6-9(13(11)20)14(21)22/h8-13,20H,4-6H2,1-3H3,(H,17,19)(H,21,22)(H3,16,18,23)/t9-,10-,11-,12+,13-/m1/s1. The molecule has 5 atom stereocenters. The Morgan fingerprint density at radius 3 is 2.22 bits per heavy atom. The number of nitrogens with one attached hydrogen (secondary N) is 2. The van der Waals surface area contributed by atoms with E-state index in [1.165, 1.54) is 6.92 Å². The summed E-state index contributed by atoms with van der Waals surface area (Å²) in [5.74, 6) is -2.92. The van der Waals surface area contributed by atoms with Crippen LogP contribution in [0.3, 0.4) is 0 Å². The van der Waals surface area contributed by atoms with Crippen LogP contribution in [0.5, 0.6) is 0 Å². The van der Waals surface area contributed by atoms with Crippen LogP contribution in [-0.4, -0.2) is 46.3 Å². The van der Waals surface area contributed by atoms with Crippen LogP contribution < -0.4 is 16.4 Å². The zero-order valence-corrected chi connectivity index (χ0v) is 13.8. The van der Waals surface area contributed by atoms with Crippen LogP contribution in [0.2, 0.25) is 0 Å². The fourth-order valence-corrected chi connectivity index (χ4v) is 3.68. The van der Waals surface area contributed by atoms with Crippen LogP contribution in [0.25, 0.3) is 0 Å². The van der Waals surface area contributed by atoms with E-state index in [0.717, 1.165) is 12.8 Å². The van der Waals surface area contributed by atoms with Gasteiger partial charge in [-0.15, -0.1) is 0 Å². The van der Waals surface area contributed by atoms with E-state index in [1.54, 1.807) is 0 Å². The average molecular weight is 329 g/mol. The van der Waals surface area contributed by atoms with Gasteiger partial charge in [-0.3, -0.25) is 9.59 Å². The molecule has 0 unspecified atom stereocenters. The van der Waals surface area contributed by atoms with E-state index in [1.807, 2.05) is 13.8 Å². The number of rotatable bonds is 7. The van der Waals surface area contributed by atoms with Crippen LogP contribution in [0.1, 0.15) is 40.0 Å². The number of nitrogens with two attached hydrogens (primary N) is 1. The maximum atomic E-state index is 11.6. The summed E-state index contributed by atoms with van der Waals surface area (Å²) in [4.78, 5) is 34.2. The topological polar surface area (TPSA) is 142 Å². The quantitative estimate of drug-likeness (QED) is 0.448. The normalized spacial score (nSPS) is 28.4. The van der Waals surface area contributed by atoms with E-state index in [4.69, 9.17) is 5.73 Å². The number of primary amides is 1. The Morgan fingerprint density at radius 2 is 1.83 bits per heavy atom. The van der Waals surface area contributed by atoms with Crippen molar-refractivity contribution in [3.8, 4) is 0 Å². The molecule has 1 rings (SSSR count). The monoisotopic (exact) mass is 329 g/mol.